The number of rotatable bonds is 7. The molecule has 5 rings (SSSR count). The number of anilines is 1. The predicted molar refractivity (Wildman–Crippen MR) is 132 cm³/mol. The summed E-state index contributed by atoms with van der Waals surface area (Å²) in [6.45, 7) is 7.12. The number of piperazine rings is 1. The average molecular weight is 477 g/mol. The van der Waals surface area contributed by atoms with Gasteiger partial charge in [0.1, 0.15) is 5.69 Å². The molecule has 0 saturated carbocycles. The molecule has 3 aliphatic rings. The van der Waals surface area contributed by atoms with Gasteiger partial charge >= 0.3 is 0 Å². The van der Waals surface area contributed by atoms with Crippen LogP contribution in [0.1, 0.15) is 47.1 Å². The maximum absolute atomic E-state index is 12.5. The largest absolute Gasteiger partial charge is 0.390 e. The summed E-state index contributed by atoms with van der Waals surface area (Å²) in [5.41, 5.74) is 5.41. The molecule has 0 spiro atoms. The Morgan fingerprint density at radius 2 is 1.97 bits per heavy atom. The molecule has 2 aromatic rings. The van der Waals surface area contributed by atoms with Crippen LogP contribution in [0.15, 0.2) is 36.2 Å². The van der Waals surface area contributed by atoms with E-state index in [1.165, 1.54) is 0 Å². The van der Waals surface area contributed by atoms with E-state index in [-0.39, 0.29) is 23.9 Å². The number of pyridine rings is 2. The van der Waals surface area contributed by atoms with Crippen LogP contribution < -0.4 is 4.90 Å². The lowest BCUT2D eigenvalue weighted by molar-refractivity contribution is -0.115. The SMILES string of the molecule is CCC1=Cc2ncc(CN3CCN(c4ccc(C(=O)C[C@H]5COC[C@@H]5O)nc4)CC3)cc2CC1=O. The minimum absolute atomic E-state index is 0.0577. The number of ketones is 2. The van der Waals surface area contributed by atoms with Gasteiger partial charge in [-0.15, -0.1) is 0 Å². The van der Waals surface area contributed by atoms with E-state index in [1.807, 2.05) is 25.3 Å². The van der Waals surface area contributed by atoms with Gasteiger partial charge in [-0.3, -0.25) is 24.5 Å². The Balaban J connectivity index is 1.14. The van der Waals surface area contributed by atoms with Crippen LogP contribution >= 0.6 is 0 Å². The summed E-state index contributed by atoms with van der Waals surface area (Å²) >= 11 is 0. The third-order valence-corrected chi connectivity index (χ3v) is 7.25. The van der Waals surface area contributed by atoms with Crippen LogP contribution in [0, 0.1) is 5.92 Å². The topological polar surface area (TPSA) is 95.9 Å². The minimum Gasteiger partial charge on any atom is -0.390 e. The van der Waals surface area contributed by atoms with Gasteiger partial charge in [0.05, 0.1) is 36.9 Å². The Labute approximate surface area is 205 Å². The van der Waals surface area contributed by atoms with E-state index >= 15 is 0 Å². The maximum Gasteiger partial charge on any atom is 0.181 e. The number of hydrogen-bond donors (Lipinski definition) is 1. The number of hydrogen-bond acceptors (Lipinski definition) is 8. The second-order valence-corrected chi connectivity index (χ2v) is 9.67. The molecule has 35 heavy (non-hydrogen) atoms. The van der Waals surface area contributed by atoms with Crippen molar-refractivity contribution in [2.45, 2.75) is 38.8 Å². The molecule has 184 valence electrons. The lowest BCUT2D eigenvalue weighted by Crippen LogP contribution is -2.46. The normalized spacial score (nSPS) is 22.7. The molecule has 0 amide bonds. The lowest BCUT2D eigenvalue weighted by Gasteiger charge is -2.36. The summed E-state index contributed by atoms with van der Waals surface area (Å²) in [4.78, 5) is 38.5. The fourth-order valence-electron chi connectivity index (χ4n) is 5.05. The number of nitrogens with zero attached hydrogens (tertiary/aromatic N) is 4. The van der Waals surface area contributed by atoms with Crippen LogP contribution in [0.5, 0.6) is 0 Å². The smallest absolute Gasteiger partial charge is 0.181 e. The molecule has 1 N–H and O–H groups in total. The third kappa shape index (κ3) is 5.34. The molecular formula is C27H32N4O4. The molecule has 8 heteroatoms. The Bertz CT molecular complexity index is 1120. The fraction of sp³-hybridized carbons (Fsp3) is 0.481. The third-order valence-electron chi connectivity index (χ3n) is 7.25. The maximum atomic E-state index is 12.5. The quantitative estimate of drug-likeness (QED) is 0.609. The summed E-state index contributed by atoms with van der Waals surface area (Å²) in [6.07, 6.45) is 6.52. The van der Waals surface area contributed by atoms with Crippen LogP contribution in [-0.2, 0) is 22.5 Å². The van der Waals surface area contributed by atoms with Crippen molar-refractivity contribution in [3.8, 4) is 0 Å². The molecule has 2 saturated heterocycles. The van der Waals surface area contributed by atoms with Crippen molar-refractivity contribution in [1.82, 2.24) is 14.9 Å². The van der Waals surface area contributed by atoms with Crippen molar-refractivity contribution in [2.75, 3.05) is 44.3 Å². The van der Waals surface area contributed by atoms with Crippen molar-refractivity contribution >= 4 is 23.3 Å². The van der Waals surface area contributed by atoms with Crippen LogP contribution in [0.3, 0.4) is 0 Å². The van der Waals surface area contributed by atoms with Gasteiger partial charge in [0, 0.05) is 57.7 Å². The second kappa shape index (κ2) is 10.4. The molecule has 0 aromatic carbocycles. The minimum atomic E-state index is -0.570. The molecule has 0 bridgehead atoms. The standard InChI is InChI=1S/C27H32N4O4/c1-2-19-10-24-20(11-25(19)32)9-18(13-28-24)15-30-5-7-31(8-6-30)22-3-4-23(29-14-22)26(33)12-21-16-35-17-27(21)34/h3-4,9-10,13-14,21,27,34H,2,5-8,11-12,15-17H2,1H3/t21-,27-/m0/s1. The number of allylic oxidation sites excluding steroid dienone is 1. The molecule has 8 nitrogen and oxygen atoms in total. The average Bonchev–Trinajstić information content (AvgIpc) is 3.28. The summed E-state index contributed by atoms with van der Waals surface area (Å²) in [7, 11) is 0. The van der Waals surface area contributed by atoms with Gasteiger partial charge in [-0.05, 0) is 41.3 Å². The first-order chi connectivity index (χ1) is 17.0. The number of Topliss-reactive ketones (excluding diaryl/α,β-unsaturated/α-hetero) is 2. The molecule has 1 aliphatic carbocycles. The number of aliphatic hydroxyl groups is 1. The van der Waals surface area contributed by atoms with E-state index < -0.39 is 6.10 Å². The number of fused-ring (bicyclic) bond motifs is 1. The summed E-state index contributed by atoms with van der Waals surface area (Å²) in [5, 5.41) is 9.87. The van der Waals surface area contributed by atoms with Gasteiger partial charge in [-0.25, -0.2) is 0 Å². The molecule has 2 aliphatic heterocycles. The zero-order valence-corrected chi connectivity index (χ0v) is 20.2. The molecular weight excluding hydrogens is 444 g/mol. The zero-order chi connectivity index (χ0) is 24.4. The van der Waals surface area contributed by atoms with Crippen LogP contribution in [0.2, 0.25) is 0 Å². The first kappa shape index (κ1) is 23.8. The van der Waals surface area contributed by atoms with E-state index in [9.17, 15) is 14.7 Å². The molecule has 2 fully saturated rings. The molecule has 4 heterocycles. The summed E-state index contributed by atoms with van der Waals surface area (Å²) in [5.74, 6) is 0.00450. The van der Waals surface area contributed by atoms with Gasteiger partial charge in [0.2, 0.25) is 0 Å². The Kier molecular flexibility index (Phi) is 7.04. The van der Waals surface area contributed by atoms with E-state index in [1.54, 1.807) is 12.3 Å². The van der Waals surface area contributed by atoms with Crippen LogP contribution in [-0.4, -0.2) is 77.0 Å². The van der Waals surface area contributed by atoms with Crippen molar-refractivity contribution in [3.05, 3.63) is 58.7 Å². The van der Waals surface area contributed by atoms with Crippen molar-refractivity contribution in [2.24, 2.45) is 5.92 Å². The van der Waals surface area contributed by atoms with Crippen molar-refractivity contribution < 1.29 is 19.4 Å². The summed E-state index contributed by atoms with van der Waals surface area (Å²) in [6, 6.07) is 5.87. The van der Waals surface area contributed by atoms with Gasteiger partial charge < -0.3 is 14.7 Å². The Hall–Kier alpha value is -2.94. The Morgan fingerprint density at radius 1 is 1.14 bits per heavy atom. The molecule has 0 radical (unpaired) electrons. The highest BCUT2D eigenvalue weighted by molar-refractivity contribution is 6.03. The summed E-state index contributed by atoms with van der Waals surface area (Å²) < 4.78 is 5.23. The highest BCUT2D eigenvalue weighted by Crippen LogP contribution is 2.24. The van der Waals surface area contributed by atoms with Gasteiger partial charge in [-0.2, -0.15) is 0 Å². The lowest BCUT2D eigenvalue weighted by atomic mass is 9.92. The highest BCUT2D eigenvalue weighted by Gasteiger charge is 2.29. The number of ether oxygens (including phenoxy) is 1. The Morgan fingerprint density at radius 3 is 2.66 bits per heavy atom. The second-order valence-electron chi connectivity index (χ2n) is 9.67. The number of aliphatic hydroxyl groups excluding tert-OH is 1. The van der Waals surface area contributed by atoms with Gasteiger partial charge in [0.25, 0.3) is 0 Å². The highest BCUT2D eigenvalue weighted by atomic mass is 16.5. The van der Waals surface area contributed by atoms with Gasteiger partial charge in [0.15, 0.2) is 11.6 Å². The number of carbonyl (C=O) groups is 2. The predicted octanol–water partition coefficient (Wildman–Crippen LogP) is 2.30. The van der Waals surface area contributed by atoms with Crippen LogP contribution in [0.4, 0.5) is 5.69 Å². The number of aromatic nitrogens is 2. The monoisotopic (exact) mass is 476 g/mol. The van der Waals surface area contributed by atoms with Crippen molar-refractivity contribution in [3.63, 3.8) is 0 Å². The van der Waals surface area contributed by atoms with E-state index in [4.69, 9.17) is 4.74 Å². The van der Waals surface area contributed by atoms with E-state index in [2.05, 4.69) is 25.8 Å². The molecule has 0 unspecified atom stereocenters. The fourth-order valence-corrected chi connectivity index (χ4v) is 5.05. The zero-order valence-electron chi connectivity index (χ0n) is 20.2. The first-order valence-electron chi connectivity index (χ1n) is 12.4. The molecule has 2 aromatic heterocycles. The van der Waals surface area contributed by atoms with E-state index in [0.717, 1.165) is 67.2 Å². The van der Waals surface area contributed by atoms with Crippen molar-refractivity contribution in [1.29, 1.82) is 0 Å². The van der Waals surface area contributed by atoms with Gasteiger partial charge in [-0.1, -0.05) is 13.0 Å². The van der Waals surface area contributed by atoms with Crippen LogP contribution in [0.25, 0.3) is 6.08 Å². The molecule has 2 atom stereocenters. The number of carbonyl (C=O) groups excluding carboxylic acids is 2. The van der Waals surface area contributed by atoms with E-state index in [0.29, 0.717) is 25.3 Å². The first-order valence-corrected chi connectivity index (χ1v) is 12.4.